The molecule has 0 aliphatic carbocycles. The van der Waals surface area contributed by atoms with Gasteiger partial charge in [-0.15, -0.1) is 12.3 Å². The Morgan fingerprint density at radius 2 is 2.13 bits per heavy atom. The molecule has 0 aromatic heterocycles. The smallest absolute Gasteiger partial charge is 0.421 e. The number of hydrogen-bond donors (Lipinski definition) is 2. The van der Waals surface area contributed by atoms with Crippen molar-refractivity contribution in [2.45, 2.75) is 19.3 Å². The van der Waals surface area contributed by atoms with Crippen LogP contribution in [0, 0.1) is 12.3 Å². The molecular weight excluding hydrogens is 220 g/mol. The van der Waals surface area contributed by atoms with Crippen LogP contribution in [0.5, 0.6) is 0 Å². The second-order valence-electron chi connectivity index (χ2n) is 2.65. The van der Waals surface area contributed by atoms with Crippen LogP contribution < -0.4 is 9.44 Å². The summed E-state index contributed by atoms with van der Waals surface area (Å²) >= 11 is 0. The van der Waals surface area contributed by atoms with Gasteiger partial charge in [0.1, 0.15) is 0 Å². The highest BCUT2D eigenvalue weighted by molar-refractivity contribution is 7.88. The van der Waals surface area contributed by atoms with Crippen LogP contribution in [-0.4, -0.2) is 28.2 Å². The number of ether oxygens (including phenoxy) is 1. The zero-order valence-electron chi connectivity index (χ0n) is 8.45. The van der Waals surface area contributed by atoms with Gasteiger partial charge in [0.15, 0.2) is 0 Å². The number of amides is 1. The molecule has 0 heterocycles. The first kappa shape index (κ1) is 13.7. The molecule has 0 fully saturated rings. The van der Waals surface area contributed by atoms with E-state index < -0.39 is 16.3 Å². The molecule has 0 radical (unpaired) electrons. The van der Waals surface area contributed by atoms with Gasteiger partial charge in [0.2, 0.25) is 0 Å². The Morgan fingerprint density at radius 3 is 2.67 bits per heavy atom. The minimum atomic E-state index is -3.81. The Kier molecular flexibility index (Phi) is 6.49. The van der Waals surface area contributed by atoms with Crippen molar-refractivity contribution in [3.05, 3.63) is 0 Å². The number of hydrogen-bond acceptors (Lipinski definition) is 4. The number of unbranched alkanes of at least 4 members (excludes halogenated alkanes) is 2. The van der Waals surface area contributed by atoms with Crippen LogP contribution in [0.3, 0.4) is 0 Å². The van der Waals surface area contributed by atoms with E-state index in [0.29, 0.717) is 12.8 Å². The van der Waals surface area contributed by atoms with E-state index in [0.717, 1.165) is 13.5 Å². The van der Waals surface area contributed by atoms with Crippen LogP contribution in [0.15, 0.2) is 0 Å². The summed E-state index contributed by atoms with van der Waals surface area (Å²) in [4.78, 5) is 10.6. The summed E-state index contributed by atoms with van der Waals surface area (Å²) in [6.07, 6.45) is 5.95. The van der Waals surface area contributed by atoms with E-state index in [2.05, 4.69) is 15.4 Å². The summed E-state index contributed by atoms with van der Waals surface area (Å²) in [5.74, 6) is 2.44. The Balaban J connectivity index is 3.76. The monoisotopic (exact) mass is 234 g/mol. The third kappa shape index (κ3) is 7.78. The standard InChI is InChI=1S/C8H14N2O4S/c1-3-4-5-6-7-9-15(12,13)10-8(11)14-2/h1,9H,4-7H2,2H3,(H,10,11). The first-order chi connectivity index (χ1) is 7.02. The minimum absolute atomic E-state index is 0.230. The van der Waals surface area contributed by atoms with E-state index in [1.807, 2.05) is 0 Å². The maximum Gasteiger partial charge on any atom is 0.421 e. The first-order valence-corrected chi connectivity index (χ1v) is 5.79. The Hall–Kier alpha value is -1.26. The second kappa shape index (κ2) is 7.09. The number of rotatable bonds is 6. The van der Waals surface area contributed by atoms with Gasteiger partial charge in [-0.1, -0.05) is 0 Å². The molecule has 7 heteroatoms. The van der Waals surface area contributed by atoms with E-state index in [1.54, 1.807) is 4.72 Å². The second-order valence-corrected chi connectivity index (χ2v) is 4.15. The molecule has 6 nitrogen and oxygen atoms in total. The molecule has 15 heavy (non-hydrogen) atoms. The molecule has 0 saturated heterocycles. The van der Waals surface area contributed by atoms with Gasteiger partial charge in [-0.25, -0.2) is 9.52 Å². The Morgan fingerprint density at radius 1 is 1.47 bits per heavy atom. The first-order valence-electron chi connectivity index (χ1n) is 4.30. The predicted octanol–water partition coefficient (Wildman–Crippen LogP) is -0.0197. The molecule has 0 atom stereocenters. The molecule has 2 N–H and O–H groups in total. The topological polar surface area (TPSA) is 84.5 Å². The molecule has 0 unspecified atom stereocenters. The van der Waals surface area contributed by atoms with E-state index in [9.17, 15) is 13.2 Å². The van der Waals surface area contributed by atoms with Gasteiger partial charge in [0.25, 0.3) is 0 Å². The van der Waals surface area contributed by atoms with Crippen molar-refractivity contribution in [3.63, 3.8) is 0 Å². The largest absolute Gasteiger partial charge is 0.452 e. The van der Waals surface area contributed by atoms with Gasteiger partial charge < -0.3 is 4.74 Å². The quantitative estimate of drug-likeness (QED) is 0.499. The van der Waals surface area contributed by atoms with E-state index in [-0.39, 0.29) is 6.54 Å². The van der Waals surface area contributed by atoms with E-state index in [1.165, 1.54) is 0 Å². The van der Waals surface area contributed by atoms with Crippen molar-refractivity contribution in [2.24, 2.45) is 0 Å². The van der Waals surface area contributed by atoms with Gasteiger partial charge in [-0.2, -0.15) is 13.1 Å². The van der Waals surface area contributed by atoms with Crippen molar-refractivity contribution in [1.82, 2.24) is 9.44 Å². The van der Waals surface area contributed by atoms with Crippen molar-refractivity contribution in [2.75, 3.05) is 13.7 Å². The molecule has 0 saturated carbocycles. The number of carbonyl (C=O) groups is 1. The van der Waals surface area contributed by atoms with Crippen molar-refractivity contribution < 1.29 is 17.9 Å². The summed E-state index contributed by atoms with van der Waals surface area (Å²) in [6.45, 7) is 0.230. The maximum absolute atomic E-state index is 11.1. The maximum atomic E-state index is 11.1. The lowest BCUT2D eigenvalue weighted by Gasteiger charge is -2.06. The molecular formula is C8H14N2O4S. The molecule has 0 aliphatic rings. The molecule has 0 aromatic rings. The molecule has 1 amide bonds. The lowest BCUT2D eigenvalue weighted by Crippen LogP contribution is -2.40. The highest BCUT2D eigenvalue weighted by Gasteiger charge is 2.12. The highest BCUT2D eigenvalue weighted by atomic mass is 32.2. The average Bonchev–Trinajstić information content (AvgIpc) is 2.16. The molecule has 0 aromatic carbocycles. The van der Waals surface area contributed by atoms with Gasteiger partial charge in [-0.05, 0) is 12.8 Å². The van der Waals surface area contributed by atoms with Crippen LogP contribution in [0.1, 0.15) is 19.3 Å². The minimum Gasteiger partial charge on any atom is -0.452 e. The highest BCUT2D eigenvalue weighted by Crippen LogP contribution is 1.92. The molecule has 0 aliphatic heterocycles. The normalized spacial score (nSPS) is 10.4. The third-order valence-corrected chi connectivity index (χ3v) is 2.46. The van der Waals surface area contributed by atoms with Gasteiger partial charge in [-0.3, -0.25) is 0 Å². The zero-order chi connectivity index (χ0) is 11.7. The van der Waals surface area contributed by atoms with Gasteiger partial charge in [0, 0.05) is 13.0 Å². The van der Waals surface area contributed by atoms with Crippen LogP contribution in [-0.2, 0) is 14.9 Å². The molecule has 0 spiro atoms. The van der Waals surface area contributed by atoms with Crippen molar-refractivity contribution in [3.8, 4) is 12.3 Å². The average molecular weight is 234 g/mol. The number of carbonyl (C=O) groups excluding carboxylic acids is 1. The molecule has 0 rings (SSSR count). The number of methoxy groups -OCH3 is 1. The van der Waals surface area contributed by atoms with E-state index >= 15 is 0 Å². The van der Waals surface area contributed by atoms with Crippen molar-refractivity contribution >= 4 is 16.3 Å². The Labute approximate surface area is 89.6 Å². The summed E-state index contributed by atoms with van der Waals surface area (Å²) in [5, 5.41) is 0. The SMILES string of the molecule is C#CCCCCNS(=O)(=O)NC(=O)OC. The number of nitrogens with one attached hydrogen (secondary N) is 2. The third-order valence-electron chi connectivity index (χ3n) is 1.44. The van der Waals surface area contributed by atoms with Crippen LogP contribution >= 0.6 is 0 Å². The fraction of sp³-hybridized carbons (Fsp3) is 0.625. The van der Waals surface area contributed by atoms with Crippen LogP contribution in [0.2, 0.25) is 0 Å². The lowest BCUT2D eigenvalue weighted by molar-refractivity contribution is 0.177. The van der Waals surface area contributed by atoms with Crippen LogP contribution in [0.25, 0.3) is 0 Å². The fourth-order valence-corrected chi connectivity index (χ4v) is 1.53. The lowest BCUT2D eigenvalue weighted by atomic mass is 10.2. The van der Waals surface area contributed by atoms with Gasteiger partial charge in [0.05, 0.1) is 7.11 Å². The summed E-state index contributed by atoms with van der Waals surface area (Å²) in [5.41, 5.74) is 0. The molecule has 0 bridgehead atoms. The van der Waals surface area contributed by atoms with Crippen LogP contribution in [0.4, 0.5) is 4.79 Å². The van der Waals surface area contributed by atoms with E-state index in [4.69, 9.17) is 6.42 Å². The molecule has 86 valence electrons. The number of terminal acetylenes is 1. The van der Waals surface area contributed by atoms with Gasteiger partial charge >= 0.3 is 16.3 Å². The van der Waals surface area contributed by atoms with Crippen molar-refractivity contribution in [1.29, 1.82) is 0 Å². The summed E-state index contributed by atoms with van der Waals surface area (Å²) in [6, 6.07) is 0. The predicted molar refractivity (Wildman–Crippen MR) is 55.1 cm³/mol. The summed E-state index contributed by atoms with van der Waals surface area (Å²) in [7, 11) is -2.73. The summed E-state index contributed by atoms with van der Waals surface area (Å²) < 4.78 is 30.1. The zero-order valence-corrected chi connectivity index (χ0v) is 9.26. The fourth-order valence-electron chi connectivity index (χ4n) is 0.746. The Bertz CT molecular complexity index is 331.